The first-order chi connectivity index (χ1) is 18.2. The lowest BCUT2D eigenvalue weighted by Gasteiger charge is -2.52. The van der Waals surface area contributed by atoms with Gasteiger partial charge in [-0.1, -0.05) is 40.3 Å². The molecule has 2 amide bonds. The standard InChI is InChI=1S/C29H39N5O4S/c1-7-25(35)31-27-28(3,4)19-34(20-29(27,5)6)39(37,38)23-13-11-22(12-14-23)26(36)33-17-15-32(16-18-33)24-10-8-9-21(2)30-24/h7-14,27H,1,15-20H2,2-6H3,(H,31,35). The summed E-state index contributed by atoms with van der Waals surface area (Å²) in [6, 6.07) is 11.9. The molecular formula is C29H39N5O4S. The number of rotatable bonds is 6. The van der Waals surface area contributed by atoms with E-state index in [1.165, 1.54) is 22.5 Å². The van der Waals surface area contributed by atoms with Crippen molar-refractivity contribution in [2.75, 3.05) is 44.2 Å². The van der Waals surface area contributed by atoms with Crippen LogP contribution in [0.1, 0.15) is 43.7 Å². The van der Waals surface area contributed by atoms with Gasteiger partial charge >= 0.3 is 0 Å². The average Bonchev–Trinajstić information content (AvgIpc) is 2.90. The Morgan fingerprint density at radius 1 is 0.974 bits per heavy atom. The van der Waals surface area contributed by atoms with Crippen molar-refractivity contribution in [2.45, 2.75) is 45.6 Å². The van der Waals surface area contributed by atoms with Crippen LogP contribution in [0.25, 0.3) is 0 Å². The van der Waals surface area contributed by atoms with Crippen LogP contribution in [-0.2, 0) is 14.8 Å². The highest BCUT2D eigenvalue weighted by molar-refractivity contribution is 7.89. The molecule has 1 aromatic heterocycles. The smallest absolute Gasteiger partial charge is 0.253 e. The first kappa shape index (κ1) is 28.8. The number of benzene rings is 1. The van der Waals surface area contributed by atoms with Crippen molar-refractivity contribution in [1.29, 1.82) is 0 Å². The van der Waals surface area contributed by atoms with Gasteiger partial charge in [-0.15, -0.1) is 0 Å². The zero-order valence-corrected chi connectivity index (χ0v) is 24.3. The van der Waals surface area contributed by atoms with E-state index in [9.17, 15) is 18.0 Å². The Bertz CT molecular complexity index is 1330. The van der Waals surface area contributed by atoms with Crippen LogP contribution in [0.15, 0.2) is 60.0 Å². The minimum atomic E-state index is -3.81. The summed E-state index contributed by atoms with van der Waals surface area (Å²) in [7, 11) is -3.81. The second-order valence-electron chi connectivity index (χ2n) is 11.8. The van der Waals surface area contributed by atoms with Gasteiger partial charge in [0.2, 0.25) is 15.9 Å². The lowest BCUT2D eigenvalue weighted by atomic mass is 9.67. The van der Waals surface area contributed by atoms with Gasteiger partial charge in [-0.3, -0.25) is 9.59 Å². The molecule has 0 atom stereocenters. The quantitative estimate of drug-likeness (QED) is 0.552. The average molecular weight is 554 g/mol. The molecule has 10 heteroatoms. The van der Waals surface area contributed by atoms with Gasteiger partial charge in [0.25, 0.3) is 5.91 Å². The number of nitrogens with zero attached hydrogens (tertiary/aromatic N) is 4. The number of pyridine rings is 1. The molecule has 0 aliphatic carbocycles. The normalized spacial score (nSPS) is 19.9. The first-order valence-electron chi connectivity index (χ1n) is 13.3. The van der Waals surface area contributed by atoms with E-state index in [-0.39, 0.29) is 35.8 Å². The fraction of sp³-hybridized carbons (Fsp3) is 0.483. The van der Waals surface area contributed by atoms with Gasteiger partial charge < -0.3 is 15.1 Å². The molecule has 0 spiro atoms. The van der Waals surface area contributed by atoms with Crippen molar-refractivity contribution in [1.82, 2.24) is 19.5 Å². The van der Waals surface area contributed by atoms with Crippen LogP contribution >= 0.6 is 0 Å². The van der Waals surface area contributed by atoms with Gasteiger partial charge in [-0.2, -0.15) is 4.31 Å². The number of anilines is 1. The van der Waals surface area contributed by atoms with E-state index < -0.39 is 20.9 Å². The molecule has 3 heterocycles. The van der Waals surface area contributed by atoms with Crippen molar-refractivity contribution >= 4 is 27.7 Å². The number of sulfonamides is 1. The van der Waals surface area contributed by atoms with Gasteiger partial charge in [-0.25, -0.2) is 13.4 Å². The number of piperazine rings is 1. The van der Waals surface area contributed by atoms with Gasteiger partial charge in [0, 0.05) is 56.6 Å². The van der Waals surface area contributed by atoms with Crippen LogP contribution in [0.4, 0.5) is 5.82 Å². The van der Waals surface area contributed by atoms with Gasteiger partial charge in [0.15, 0.2) is 0 Å². The summed E-state index contributed by atoms with van der Waals surface area (Å²) in [6.07, 6.45) is 1.24. The van der Waals surface area contributed by atoms with Crippen LogP contribution in [0.3, 0.4) is 0 Å². The van der Waals surface area contributed by atoms with Crippen LogP contribution < -0.4 is 10.2 Å². The predicted molar refractivity (Wildman–Crippen MR) is 152 cm³/mol. The minimum absolute atomic E-state index is 0.114. The van der Waals surface area contributed by atoms with Gasteiger partial charge in [0.05, 0.1) is 4.90 Å². The third-order valence-electron chi connectivity index (χ3n) is 7.71. The van der Waals surface area contributed by atoms with Crippen molar-refractivity contribution < 1.29 is 18.0 Å². The highest BCUT2D eigenvalue weighted by Crippen LogP contribution is 2.42. The molecular weight excluding hydrogens is 514 g/mol. The number of piperidine rings is 1. The predicted octanol–water partition coefficient (Wildman–Crippen LogP) is 3.08. The summed E-state index contributed by atoms with van der Waals surface area (Å²) in [4.78, 5) is 33.9. The van der Waals surface area contributed by atoms with E-state index in [0.29, 0.717) is 31.7 Å². The molecule has 2 aliphatic heterocycles. The summed E-state index contributed by atoms with van der Waals surface area (Å²) >= 11 is 0. The van der Waals surface area contributed by atoms with Crippen molar-refractivity contribution in [2.24, 2.45) is 10.8 Å². The molecule has 2 saturated heterocycles. The summed E-state index contributed by atoms with van der Waals surface area (Å²) < 4.78 is 28.8. The Balaban J connectivity index is 1.44. The lowest BCUT2D eigenvalue weighted by Crippen LogP contribution is -2.64. The number of carbonyl (C=O) groups excluding carboxylic acids is 2. The molecule has 9 nitrogen and oxygen atoms in total. The fourth-order valence-corrected chi connectivity index (χ4v) is 7.70. The topological polar surface area (TPSA) is 103 Å². The maximum Gasteiger partial charge on any atom is 0.253 e. The highest BCUT2D eigenvalue weighted by Gasteiger charge is 2.50. The van der Waals surface area contributed by atoms with E-state index in [1.807, 2.05) is 52.8 Å². The molecule has 210 valence electrons. The molecule has 0 bridgehead atoms. The van der Waals surface area contributed by atoms with E-state index in [2.05, 4.69) is 21.8 Å². The molecule has 0 saturated carbocycles. The Morgan fingerprint density at radius 3 is 2.10 bits per heavy atom. The number of hydrogen-bond donors (Lipinski definition) is 1. The van der Waals surface area contributed by atoms with Crippen molar-refractivity contribution in [3.8, 4) is 0 Å². The SMILES string of the molecule is C=CC(=O)NC1C(C)(C)CN(S(=O)(=O)c2ccc(C(=O)N3CCN(c4cccc(C)n4)CC3)cc2)CC1(C)C. The third-order valence-corrected chi connectivity index (χ3v) is 9.51. The third kappa shape index (κ3) is 6.01. The molecule has 2 aromatic rings. The maximum atomic E-state index is 13.6. The monoisotopic (exact) mass is 553 g/mol. The number of amides is 2. The molecule has 39 heavy (non-hydrogen) atoms. The van der Waals surface area contributed by atoms with Crippen LogP contribution in [0, 0.1) is 17.8 Å². The van der Waals surface area contributed by atoms with E-state index in [1.54, 1.807) is 17.0 Å². The second-order valence-corrected chi connectivity index (χ2v) is 13.8. The number of aryl methyl sites for hydroxylation is 1. The molecule has 0 radical (unpaired) electrons. The van der Waals surface area contributed by atoms with E-state index in [0.717, 1.165) is 11.5 Å². The van der Waals surface area contributed by atoms with Gasteiger partial charge in [0.1, 0.15) is 5.82 Å². The Kier molecular flexibility index (Phi) is 7.91. The highest BCUT2D eigenvalue weighted by atomic mass is 32.2. The number of hydrogen-bond acceptors (Lipinski definition) is 6. The van der Waals surface area contributed by atoms with E-state index >= 15 is 0 Å². The Labute approximate surface area is 231 Å². The Morgan fingerprint density at radius 2 is 1.56 bits per heavy atom. The summed E-state index contributed by atoms with van der Waals surface area (Å²) in [5.41, 5.74) is 0.388. The summed E-state index contributed by atoms with van der Waals surface area (Å²) in [5.74, 6) is 0.526. The Hall–Kier alpha value is -3.24. The minimum Gasteiger partial charge on any atom is -0.353 e. The first-order valence-corrected chi connectivity index (χ1v) is 14.7. The zero-order chi connectivity index (χ0) is 28.6. The molecule has 1 N–H and O–H groups in total. The lowest BCUT2D eigenvalue weighted by molar-refractivity contribution is -0.120. The maximum absolute atomic E-state index is 13.6. The summed E-state index contributed by atoms with van der Waals surface area (Å²) in [6.45, 7) is 16.3. The van der Waals surface area contributed by atoms with Crippen LogP contribution in [-0.4, -0.2) is 79.7 Å². The molecule has 4 rings (SSSR count). The van der Waals surface area contributed by atoms with E-state index in [4.69, 9.17) is 0 Å². The fourth-order valence-electron chi connectivity index (χ4n) is 5.91. The van der Waals surface area contributed by atoms with Crippen molar-refractivity contribution in [3.05, 3.63) is 66.4 Å². The summed E-state index contributed by atoms with van der Waals surface area (Å²) in [5, 5.41) is 3.00. The molecule has 2 fully saturated rings. The number of aromatic nitrogens is 1. The largest absolute Gasteiger partial charge is 0.353 e. The molecule has 0 unspecified atom stereocenters. The molecule has 1 aromatic carbocycles. The van der Waals surface area contributed by atoms with Crippen LogP contribution in [0.2, 0.25) is 0 Å². The number of carbonyl (C=O) groups is 2. The number of nitrogens with one attached hydrogen (secondary N) is 1. The second kappa shape index (κ2) is 10.7. The van der Waals surface area contributed by atoms with Crippen molar-refractivity contribution in [3.63, 3.8) is 0 Å². The molecule has 2 aliphatic rings. The zero-order valence-electron chi connectivity index (χ0n) is 23.5. The van der Waals surface area contributed by atoms with Gasteiger partial charge in [-0.05, 0) is 60.2 Å². The van der Waals surface area contributed by atoms with Crippen LogP contribution in [0.5, 0.6) is 0 Å².